The highest BCUT2D eigenvalue weighted by Crippen LogP contribution is 2.55. The summed E-state index contributed by atoms with van der Waals surface area (Å²) in [6.45, 7) is 12.3. The van der Waals surface area contributed by atoms with Gasteiger partial charge in [-0.3, -0.25) is 0 Å². The molecule has 1 aliphatic heterocycles. The second-order valence-corrected chi connectivity index (χ2v) is 6.51. The lowest BCUT2D eigenvalue weighted by Crippen LogP contribution is -2.35. The van der Waals surface area contributed by atoms with Crippen LogP contribution < -0.4 is 5.32 Å². The van der Waals surface area contributed by atoms with Gasteiger partial charge in [-0.05, 0) is 54.9 Å². The van der Waals surface area contributed by atoms with Crippen LogP contribution in [0.15, 0.2) is 0 Å². The maximum atomic E-state index is 3.60. The Kier molecular flexibility index (Phi) is 3.12. The van der Waals surface area contributed by atoms with E-state index in [1.807, 2.05) is 0 Å². The molecular weight excluding hydrogens is 182 g/mol. The van der Waals surface area contributed by atoms with Crippen molar-refractivity contribution in [3.63, 3.8) is 0 Å². The molecule has 0 aromatic carbocycles. The minimum atomic E-state index is 0.670. The Balaban J connectivity index is 2.20. The first-order valence-corrected chi connectivity index (χ1v) is 6.77. The molecule has 1 saturated heterocycles. The SMILES string of the molecule is CC(C)C1CCC2(CCNC2)C1C(C)C. The van der Waals surface area contributed by atoms with E-state index in [-0.39, 0.29) is 0 Å². The molecule has 1 heterocycles. The summed E-state index contributed by atoms with van der Waals surface area (Å²) >= 11 is 0. The van der Waals surface area contributed by atoms with Gasteiger partial charge in [0.05, 0.1) is 0 Å². The van der Waals surface area contributed by atoms with Crippen molar-refractivity contribution in [3.8, 4) is 0 Å². The fourth-order valence-electron chi connectivity index (χ4n) is 4.46. The third-order valence-corrected chi connectivity index (χ3v) is 5.00. The van der Waals surface area contributed by atoms with E-state index >= 15 is 0 Å². The molecule has 3 unspecified atom stereocenters. The monoisotopic (exact) mass is 209 g/mol. The molecule has 2 aliphatic rings. The molecule has 1 aliphatic carbocycles. The van der Waals surface area contributed by atoms with Crippen molar-refractivity contribution in [2.75, 3.05) is 13.1 Å². The van der Waals surface area contributed by atoms with E-state index in [1.165, 1.54) is 32.4 Å². The van der Waals surface area contributed by atoms with Gasteiger partial charge >= 0.3 is 0 Å². The lowest BCUT2D eigenvalue weighted by molar-refractivity contribution is 0.116. The van der Waals surface area contributed by atoms with Gasteiger partial charge in [-0.25, -0.2) is 0 Å². The van der Waals surface area contributed by atoms with Crippen LogP contribution in [0.2, 0.25) is 0 Å². The van der Waals surface area contributed by atoms with Crippen LogP contribution in [0.1, 0.15) is 47.0 Å². The molecule has 15 heavy (non-hydrogen) atoms. The highest BCUT2D eigenvalue weighted by Gasteiger charge is 2.51. The van der Waals surface area contributed by atoms with E-state index in [0.717, 1.165) is 23.7 Å². The maximum Gasteiger partial charge on any atom is 0.00112 e. The maximum absolute atomic E-state index is 3.60. The van der Waals surface area contributed by atoms with Crippen LogP contribution >= 0.6 is 0 Å². The van der Waals surface area contributed by atoms with Crippen LogP contribution in [0.25, 0.3) is 0 Å². The van der Waals surface area contributed by atoms with E-state index in [2.05, 4.69) is 33.0 Å². The summed E-state index contributed by atoms with van der Waals surface area (Å²) in [6, 6.07) is 0. The molecule has 88 valence electrons. The van der Waals surface area contributed by atoms with E-state index in [9.17, 15) is 0 Å². The van der Waals surface area contributed by atoms with E-state index in [4.69, 9.17) is 0 Å². The number of hydrogen-bond donors (Lipinski definition) is 1. The Morgan fingerprint density at radius 1 is 1.07 bits per heavy atom. The summed E-state index contributed by atoms with van der Waals surface area (Å²) in [6.07, 6.45) is 4.38. The van der Waals surface area contributed by atoms with Gasteiger partial charge in [0.2, 0.25) is 0 Å². The van der Waals surface area contributed by atoms with Crippen LogP contribution in [0.4, 0.5) is 0 Å². The van der Waals surface area contributed by atoms with Gasteiger partial charge in [-0.2, -0.15) is 0 Å². The fraction of sp³-hybridized carbons (Fsp3) is 1.00. The third-order valence-electron chi connectivity index (χ3n) is 5.00. The summed E-state index contributed by atoms with van der Waals surface area (Å²) in [5.41, 5.74) is 0.670. The standard InChI is InChI=1S/C14H27N/c1-10(2)12-5-6-14(7-8-15-9-14)13(12)11(3)4/h10-13,15H,5-9H2,1-4H3. The van der Waals surface area contributed by atoms with Gasteiger partial charge in [0, 0.05) is 6.54 Å². The smallest absolute Gasteiger partial charge is 0.00112 e. The van der Waals surface area contributed by atoms with Gasteiger partial charge in [-0.15, -0.1) is 0 Å². The van der Waals surface area contributed by atoms with E-state index in [0.29, 0.717) is 5.41 Å². The average molecular weight is 209 g/mol. The summed E-state index contributed by atoms with van der Waals surface area (Å²) in [7, 11) is 0. The first-order valence-electron chi connectivity index (χ1n) is 6.77. The Labute approximate surface area is 95.0 Å². The normalized spacial score (nSPS) is 41.2. The molecule has 0 bridgehead atoms. The van der Waals surface area contributed by atoms with Crippen molar-refractivity contribution in [1.82, 2.24) is 5.32 Å². The zero-order chi connectivity index (χ0) is 11.1. The molecule has 0 amide bonds. The van der Waals surface area contributed by atoms with Gasteiger partial charge < -0.3 is 5.32 Å². The molecule has 0 radical (unpaired) electrons. The first kappa shape index (κ1) is 11.4. The molecule has 1 saturated carbocycles. The van der Waals surface area contributed by atoms with Gasteiger partial charge in [-0.1, -0.05) is 27.7 Å². The summed E-state index contributed by atoms with van der Waals surface area (Å²) in [4.78, 5) is 0. The Morgan fingerprint density at radius 3 is 2.27 bits per heavy atom. The molecular formula is C14H27N. The summed E-state index contributed by atoms with van der Waals surface area (Å²) in [5, 5.41) is 3.60. The average Bonchev–Trinajstić information content (AvgIpc) is 2.74. The van der Waals surface area contributed by atoms with Crippen LogP contribution in [-0.2, 0) is 0 Å². The Morgan fingerprint density at radius 2 is 1.80 bits per heavy atom. The fourth-order valence-corrected chi connectivity index (χ4v) is 4.46. The lowest BCUT2D eigenvalue weighted by Gasteiger charge is -2.38. The largest absolute Gasteiger partial charge is 0.316 e. The predicted molar refractivity (Wildman–Crippen MR) is 65.8 cm³/mol. The zero-order valence-corrected chi connectivity index (χ0v) is 10.8. The van der Waals surface area contributed by atoms with Crippen molar-refractivity contribution in [3.05, 3.63) is 0 Å². The van der Waals surface area contributed by atoms with Crippen LogP contribution in [0.5, 0.6) is 0 Å². The number of rotatable bonds is 2. The van der Waals surface area contributed by atoms with E-state index < -0.39 is 0 Å². The molecule has 3 atom stereocenters. The van der Waals surface area contributed by atoms with Gasteiger partial charge in [0.1, 0.15) is 0 Å². The van der Waals surface area contributed by atoms with Crippen molar-refractivity contribution in [1.29, 1.82) is 0 Å². The van der Waals surface area contributed by atoms with Crippen molar-refractivity contribution < 1.29 is 0 Å². The highest BCUT2D eigenvalue weighted by molar-refractivity contribution is 5.02. The van der Waals surface area contributed by atoms with E-state index in [1.54, 1.807) is 0 Å². The van der Waals surface area contributed by atoms with Gasteiger partial charge in [0.15, 0.2) is 0 Å². The summed E-state index contributed by atoms with van der Waals surface area (Å²) in [5.74, 6) is 3.68. The summed E-state index contributed by atoms with van der Waals surface area (Å²) < 4.78 is 0. The minimum absolute atomic E-state index is 0.670. The molecule has 1 heteroatoms. The molecule has 0 aromatic heterocycles. The van der Waals surface area contributed by atoms with Crippen molar-refractivity contribution >= 4 is 0 Å². The number of hydrogen-bond acceptors (Lipinski definition) is 1. The van der Waals surface area contributed by atoms with Crippen LogP contribution in [0.3, 0.4) is 0 Å². The number of nitrogens with one attached hydrogen (secondary N) is 1. The second kappa shape index (κ2) is 4.08. The van der Waals surface area contributed by atoms with Crippen LogP contribution in [0, 0.1) is 29.1 Å². The molecule has 2 rings (SSSR count). The molecule has 1 nitrogen and oxygen atoms in total. The molecule has 1 spiro atoms. The van der Waals surface area contributed by atoms with Crippen molar-refractivity contribution in [2.45, 2.75) is 47.0 Å². The lowest BCUT2D eigenvalue weighted by atomic mass is 9.67. The molecule has 2 fully saturated rings. The van der Waals surface area contributed by atoms with Crippen LogP contribution in [-0.4, -0.2) is 13.1 Å². The highest BCUT2D eigenvalue weighted by atomic mass is 14.9. The second-order valence-electron chi connectivity index (χ2n) is 6.51. The minimum Gasteiger partial charge on any atom is -0.316 e. The first-order chi connectivity index (χ1) is 7.07. The molecule has 1 N–H and O–H groups in total. The predicted octanol–water partition coefficient (Wildman–Crippen LogP) is 3.30. The molecule has 0 aromatic rings. The zero-order valence-electron chi connectivity index (χ0n) is 10.8. The van der Waals surface area contributed by atoms with Crippen molar-refractivity contribution in [2.24, 2.45) is 29.1 Å². The Bertz CT molecular complexity index is 213. The van der Waals surface area contributed by atoms with Gasteiger partial charge in [0.25, 0.3) is 0 Å². The Hall–Kier alpha value is -0.0400. The topological polar surface area (TPSA) is 12.0 Å². The quantitative estimate of drug-likeness (QED) is 0.736. The third kappa shape index (κ3) is 1.84.